The molecule has 0 aromatic carbocycles. The summed E-state index contributed by atoms with van der Waals surface area (Å²) in [6.45, 7) is 12.4. The Morgan fingerprint density at radius 3 is 2.14 bits per heavy atom. The molecule has 0 N–H and O–H groups in total. The van der Waals surface area contributed by atoms with Gasteiger partial charge in [0.1, 0.15) is 0 Å². The van der Waals surface area contributed by atoms with Crippen LogP contribution in [0.3, 0.4) is 0 Å². The fraction of sp³-hybridized carbons (Fsp3) is 0.632. The van der Waals surface area contributed by atoms with Gasteiger partial charge in [0, 0.05) is 0 Å². The first-order chi connectivity index (χ1) is 7.81. The van der Waals surface area contributed by atoms with E-state index in [2.05, 4.69) is 46.0 Å². The Hall–Kier alpha value is 0.411. The van der Waals surface area contributed by atoms with E-state index in [1.54, 1.807) is 11.1 Å². The molecule has 2 heteroatoms. The van der Waals surface area contributed by atoms with E-state index in [-0.39, 0.29) is 44.0 Å². The molecule has 2 aliphatic rings. The molecule has 0 heterocycles. The van der Waals surface area contributed by atoms with Gasteiger partial charge in [0.25, 0.3) is 0 Å². The zero-order valence-electron chi connectivity index (χ0n) is 15.7. The molecular formula is C19H36SiTi. The zero-order chi connectivity index (χ0) is 12.7. The molecule has 2 rings (SSSR count). The van der Waals surface area contributed by atoms with Crippen molar-refractivity contribution in [3.63, 3.8) is 0 Å². The monoisotopic (exact) mass is 340 g/mol. The van der Waals surface area contributed by atoms with E-state index in [9.17, 15) is 0 Å². The molecule has 21 heavy (non-hydrogen) atoms. The van der Waals surface area contributed by atoms with E-state index in [0.29, 0.717) is 11.0 Å². The zero-order valence-corrected chi connectivity index (χ0v) is 18.3. The van der Waals surface area contributed by atoms with Crippen LogP contribution < -0.4 is 0 Å². The van der Waals surface area contributed by atoms with E-state index in [1.807, 2.05) is 0 Å². The van der Waals surface area contributed by atoms with E-state index >= 15 is 0 Å². The first-order valence-corrected chi connectivity index (χ1v) is 10.3. The number of rotatable bonds is 2. The Labute approximate surface area is 151 Å². The van der Waals surface area contributed by atoms with Crippen LogP contribution in [-0.4, -0.2) is 8.07 Å². The van der Waals surface area contributed by atoms with Gasteiger partial charge in [-0.25, -0.2) is 6.08 Å². The van der Waals surface area contributed by atoms with Crippen molar-refractivity contribution in [1.29, 1.82) is 0 Å². The Bertz CT molecular complexity index is 358. The molecule has 2 aliphatic carbocycles. The molecule has 0 bridgehead atoms. The molecule has 0 saturated carbocycles. The number of hydrogen-bond acceptors (Lipinski definition) is 0. The van der Waals surface area contributed by atoms with Crippen LogP contribution in [-0.2, 0) is 21.7 Å². The Balaban J connectivity index is -0.000000810. The fourth-order valence-corrected chi connectivity index (χ4v) is 4.81. The molecule has 0 aromatic rings. The van der Waals surface area contributed by atoms with Crippen LogP contribution >= 0.6 is 0 Å². The van der Waals surface area contributed by atoms with Gasteiger partial charge in [-0.15, -0.1) is 0 Å². The van der Waals surface area contributed by atoms with Crippen molar-refractivity contribution >= 4 is 8.07 Å². The van der Waals surface area contributed by atoms with Crippen LogP contribution in [0.5, 0.6) is 0 Å². The predicted molar refractivity (Wildman–Crippen MR) is 98.0 cm³/mol. The van der Waals surface area contributed by atoms with Gasteiger partial charge in [0.15, 0.2) is 0 Å². The second-order valence-corrected chi connectivity index (χ2v) is 13.1. The molecule has 0 radical (unpaired) electrons. The van der Waals surface area contributed by atoms with Crippen molar-refractivity contribution in [2.24, 2.45) is 5.92 Å². The van der Waals surface area contributed by atoms with Crippen LogP contribution in [0.25, 0.3) is 0 Å². The summed E-state index contributed by atoms with van der Waals surface area (Å²) in [6.07, 6.45) is 11.4. The van der Waals surface area contributed by atoms with Gasteiger partial charge in [-0.2, -0.15) is 11.1 Å². The first-order valence-electron chi connectivity index (χ1n) is 7.12. The van der Waals surface area contributed by atoms with Gasteiger partial charge in [-0.05, 0) is 11.5 Å². The average molecular weight is 340 g/mol. The van der Waals surface area contributed by atoms with Crippen LogP contribution in [0, 0.1) is 34.3 Å². The summed E-state index contributed by atoms with van der Waals surface area (Å²) in [5, 5.41) is 0.507. The summed E-state index contributed by atoms with van der Waals surface area (Å²) in [7, 11) is -1.16. The van der Waals surface area contributed by atoms with Crippen LogP contribution in [0.2, 0.25) is 24.2 Å². The van der Waals surface area contributed by atoms with E-state index in [1.165, 1.54) is 31.7 Å². The van der Waals surface area contributed by atoms with E-state index in [0.717, 1.165) is 0 Å². The SMILES string of the molecule is CC(C)(C)[Si](C)(C)CC1[C-]=CC2=C1CCCC2.[CH3-].[CH3-].[CH3-].[Ti+4]. The molecular weight excluding hydrogens is 304 g/mol. The van der Waals surface area contributed by atoms with Gasteiger partial charge in [-0.1, -0.05) is 65.1 Å². The van der Waals surface area contributed by atoms with Gasteiger partial charge in [0.2, 0.25) is 0 Å². The minimum Gasteiger partial charge on any atom is -0.358 e. The second-order valence-electron chi connectivity index (χ2n) is 7.46. The molecule has 120 valence electrons. The minimum absolute atomic E-state index is 0. The summed E-state index contributed by atoms with van der Waals surface area (Å²) >= 11 is 0. The summed E-state index contributed by atoms with van der Waals surface area (Å²) < 4.78 is 0. The van der Waals surface area contributed by atoms with Crippen LogP contribution in [0.4, 0.5) is 0 Å². The molecule has 0 nitrogen and oxygen atoms in total. The molecule has 1 atom stereocenters. The normalized spacial score (nSPS) is 20.5. The fourth-order valence-electron chi connectivity index (χ4n) is 2.82. The predicted octanol–water partition coefficient (Wildman–Crippen LogP) is 6.70. The third-order valence-corrected chi connectivity index (χ3v) is 10.7. The third kappa shape index (κ3) is 5.84. The summed E-state index contributed by atoms with van der Waals surface area (Å²) in [5.41, 5.74) is 3.39. The van der Waals surface area contributed by atoms with Crippen molar-refractivity contribution < 1.29 is 21.7 Å². The quantitative estimate of drug-likeness (QED) is 0.387. The Kier molecular flexibility index (Phi) is 11.9. The van der Waals surface area contributed by atoms with E-state index < -0.39 is 8.07 Å². The van der Waals surface area contributed by atoms with Gasteiger partial charge < -0.3 is 22.3 Å². The summed E-state index contributed by atoms with van der Waals surface area (Å²) in [6, 6.07) is 1.39. The molecule has 0 saturated heterocycles. The van der Waals surface area contributed by atoms with Crippen molar-refractivity contribution in [3.8, 4) is 0 Å². The van der Waals surface area contributed by atoms with E-state index in [4.69, 9.17) is 0 Å². The third-order valence-electron chi connectivity index (χ3n) is 5.18. The molecule has 0 fully saturated rings. The summed E-state index contributed by atoms with van der Waals surface area (Å²) in [4.78, 5) is 0. The molecule has 0 aliphatic heterocycles. The molecule has 0 aromatic heterocycles. The maximum atomic E-state index is 3.66. The minimum atomic E-state index is -1.16. The average Bonchev–Trinajstić information content (AvgIpc) is 2.60. The molecule has 0 spiro atoms. The van der Waals surface area contributed by atoms with Crippen LogP contribution in [0.15, 0.2) is 17.2 Å². The molecule has 1 unspecified atom stereocenters. The summed E-state index contributed by atoms with van der Waals surface area (Å²) in [5.74, 6) is 0.672. The van der Waals surface area contributed by atoms with Crippen molar-refractivity contribution in [2.45, 2.75) is 70.6 Å². The van der Waals surface area contributed by atoms with Crippen molar-refractivity contribution in [3.05, 3.63) is 45.6 Å². The maximum Gasteiger partial charge on any atom is 4.00 e. The van der Waals surface area contributed by atoms with Crippen molar-refractivity contribution in [2.75, 3.05) is 0 Å². The van der Waals surface area contributed by atoms with Crippen LogP contribution in [0.1, 0.15) is 46.5 Å². The Morgan fingerprint density at radius 2 is 1.62 bits per heavy atom. The largest absolute Gasteiger partial charge is 4.00 e. The van der Waals surface area contributed by atoms with Gasteiger partial charge in [0.05, 0.1) is 8.07 Å². The standard InChI is InChI=1S/C16H27Si.3CH3.Ti/c1-16(2,3)17(4,5)12-14-11-10-13-8-6-7-9-15(13)14;;;;/h10,14H,6-9,12H2,1-5H3;3*1H3;/q4*-1;+4. The maximum absolute atomic E-state index is 3.66. The number of hydrogen-bond donors (Lipinski definition) is 0. The Morgan fingerprint density at radius 1 is 1.10 bits per heavy atom. The number of allylic oxidation sites excluding steroid dienone is 4. The topological polar surface area (TPSA) is 0 Å². The van der Waals surface area contributed by atoms with Gasteiger partial charge >= 0.3 is 21.7 Å². The smallest absolute Gasteiger partial charge is 0.358 e. The second kappa shape index (κ2) is 9.53. The first kappa shape index (κ1) is 26.3. The van der Waals surface area contributed by atoms with Gasteiger partial charge in [-0.3, -0.25) is 6.08 Å². The molecule has 0 amide bonds. The van der Waals surface area contributed by atoms with Crippen molar-refractivity contribution in [1.82, 2.24) is 0 Å².